The Bertz CT molecular complexity index is 609. The molecule has 1 amide bonds. The lowest BCUT2D eigenvalue weighted by molar-refractivity contribution is -0.146. The highest BCUT2D eigenvalue weighted by Crippen LogP contribution is 2.21. The average molecular weight is 357 g/mol. The van der Waals surface area contributed by atoms with Crippen LogP contribution in [0.15, 0.2) is 42.0 Å². The Morgan fingerprint density at radius 3 is 2.58 bits per heavy atom. The van der Waals surface area contributed by atoms with Crippen LogP contribution in [0, 0.1) is 5.92 Å². The molecule has 1 atom stereocenters. The van der Waals surface area contributed by atoms with E-state index >= 15 is 0 Å². The van der Waals surface area contributed by atoms with Crippen LogP contribution < -0.4 is 0 Å². The molecule has 0 aliphatic heterocycles. The maximum Gasteiger partial charge on any atom is 0.310 e. The Kier molecular flexibility index (Phi) is 8.39. The number of methoxy groups -OCH3 is 1. The van der Waals surface area contributed by atoms with Gasteiger partial charge in [-0.2, -0.15) is 0 Å². The lowest BCUT2D eigenvalue weighted by Crippen LogP contribution is -2.38. The van der Waals surface area contributed by atoms with Gasteiger partial charge >= 0.3 is 5.97 Å². The molecule has 142 valence electrons. The minimum atomic E-state index is -0.305. The van der Waals surface area contributed by atoms with E-state index in [9.17, 15) is 9.59 Å². The first-order valence-electron chi connectivity index (χ1n) is 9.67. The number of benzene rings is 1. The zero-order valence-corrected chi connectivity index (χ0v) is 16.1. The van der Waals surface area contributed by atoms with Gasteiger partial charge in [0.15, 0.2) is 0 Å². The van der Waals surface area contributed by atoms with E-state index in [2.05, 4.69) is 6.08 Å². The fourth-order valence-electron chi connectivity index (χ4n) is 3.39. The minimum Gasteiger partial charge on any atom is -0.469 e. The molecule has 4 nitrogen and oxygen atoms in total. The van der Waals surface area contributed by atoms with Crippen LogP contribution in [-0.2, 0) is 20.7 Å². The topological polar surface area (TPSA) is 46.6 Å². The highest BCUT2D eigenvalue weighted by atomic mass is 16.5. The van der Waals surface area contributed by atoms with Gasteiger partial charge in [0.05, 0.1) is 13.0 Å². The number of allylic oxidation sites excluding steroid dienone is 1. The lowest BCUT2D eigenvalue weighted by Gasteiger charge is -2.26. The van der Waals surface area contributed by atoms with E-state index < -0.39 is 0 Å². The van der Waals surface area contributed by atoms with Gasteiger partial charge in [0.2, 0.25) is 5.91 Å². The van der Waals surface area contributed by atoms with Crippen molar-refractivity contribution < 1.29 is 14.3 Å². The zero-order valence-electron chi connectivity index (χ0n) is 16.1. The average Bonchev–Trinajstić information content (AvgIpc) is 2.70. The minimum absolute atomic E-state index is 0.112. The predicted molar refractivity (Wildman–Crippen MR) is 104 cm³/mol. The lowest BCUT2D eigenvalue weighted by atomic mass is 9.97. The summed E-state index contributed by atoms with van der Waals surface area (Å²) in [5.74, 6) is -0.454. The summed E-state index contributed by atoms with van der Waals surface area (Å²) >= 11 is 0. The van der Waals surface area contributed by atoms with Gasteiger partial charge in [-0.25, -0.2) is 0 Å². The third-order valence-corrected chi connectivity index (χ3v) is 5.01. The summed E-state index contributed by atoms with van der Waals surface area (Å²) in [6.07, 6.45) is 9.22. The van der Waals surface area contributed by atoms with Crippen LogP contribution in [-0.4, -0.2) is 37.0 Å². The number of ether oxygens (including phenoxy) is 1. The van der Waals surface area contributed by atoms with E-state index in [1.807, 2.05) is 42.2 Å². The number of nitrogens with zero attached hydrogens (tertiary/aromatic N) is 1. The summed E-state index contributed by atoms with van der Waals surface area (Å²) in [7, 11) is 1.40. The SMILES string of the molecule is COC(=O)C(C)CN(CCC1=CCCCC1)C(=O)CCc1ccccc1. The molecule has 0 heterocycles. The largest absolute Gasteiger partial charge is 0.469 e. The molecule has 0 aromatic heterocycles. The predicted octanol–water partition coefficient (Wildman–Crippen LogP) is 4.15. The standard InChI is InChI=1S/C22H31NO3/c1-18(22(25)26-2)17-23(16-15-20-11-7-4-8-12-20)21(24)14-13-19-9-5-3-6-10-19/h3,5-6,9-11,18H,4,7-8,12-17H2,1-2H3. The van der Waals surface area contributed by atoms with E-state index in [0.29, 0.717) is 19.5 Å². The van der Waals surface area contributed by atoms with Crippen molar-refractivity contribution in [3.63, 3.8) is 0 Å². The van der Waals surface area contributed by atoms with Crippen molar-refractivity contribution in [3.8, 4) is 0 Å². The first-order valence-corrected chi connectivity index (χ1v) is 9.67. The molecule has 0 radical (unpaired) electrons. The molecule has 4 heteroatoms. The molecule has 1 unspecified atom stereocenters. The van der Waals surface area contributed by atoms with Crippen LogP contribution in [0.25, 0.3) is 0 Å². The first-order chi connectivity index (χ1) is 12.6. The highest BCUT2D eigenvalue weighted by molar-refractivity contribution is 5.78. The van der Waals surface area contributed by atoms with Crippen molar-refractivity contribution in [2.45, 2.75) is 51.9 Å². The van der Waals surface area contributed by atoms with E-state index in [1.54, 1.807) is 0 Å². The van der Waals surface area contributed by atoms with Crippen molar-refractivity contribution in [3.05, 3.63) is 47.5 Å². The Morgan fingerprint density at radius 1 is 1.15 bits per heavy atom. The number of hydrogen-bond acceptors (Lipinski definition) is 3. The van der Waals surface area contributed by atoms with Gasteiger partial charge in [0, 0.05) is 19.5 Å². The molecule has 0 fully saturated rings. The fourth-order valence-corrected chi connectivity index (χ4v) is 3.39. The molecule has 1 aromatic rings. The number of rotatable bonds is 9. The normalized spacial score (nSPS) is 15.1. The second kappa shape index (κ2) is 10.8. The molecular formula is C22H31NO3. The Balaban J connectivity index is 1.94. The third kappa shape index (κ3) is 6.66. The summed E-state index contributed by atoms with van der Waals surface area (Å²) in [5, 5.41) is 0. The Morgan fingerprint density at radius 2 is 1.92 bits per heavy atom. The van der Waals surface area contributed by atoms with Crippen LogP contribution in [0.2, 0.25) is 0 Å². The van der Waals surface area contributed by atoms with Gasteiger partial charge in [-0.15, -0.1) is 0 Å². The number of carbonyl (C=O) groups is 2. The van der Waals surface area contributed by atoms with E-state index in [-0.39, 0.29) is 17.8 Å². The molecule has 0 saturated heterocycles. The number of esters is 1. The van der Waals surface area contributed by atoms with Crippen molar-refractivity contribution in [2.75, 3.05) is 20.2 Å². The molecule has 1 aromatic carbocycles. The number of aryl methyl sites for hydroxylation is 1. The summed E-state index contributed by atoms with van der Waals surface area (Å²) in [5.41, 5.74) is 2.61. The Labute approximate surface area is 157 Å². The van der Waals surface area contributed by atoms with Gasteiger partial charge in [0.25, 0.3) is 0 Å². The summed E-state index contributed by atoms with van der Waals surface area (Å²) in [6, 6.07) is 10.1. The van der Waals surface area contributed by atoms with Crippen LogP contribution in [0.1, 0.15) is 51.0 Å². The van der Waals surface area contributed by atoms with Gasteiger partial charge in [0.1, 0.15) is 0 Å². The first kappa shape index (κ1) is 20.2. The van der Waals surface area contributed by atoms with Crippen molar-refractivity contribution in [1.82, 2.24) is 4.90 Å². The zero-order chi connectivity index (χ0) is 18.8. The molecule has 0 saturated carbocycles. The molecule has 0 spiro atoms. The maximum atomic E-state index is 12.8. The fraction of sp³-hybridized carbons (Fsp3) is 0.545. The monoisotopic (exact) mass is 357 g/mol. The van der Waals surface area contributed by atoms with Crippen LogP contribution in [0.5, 0.6) is 0 Å². The van der Waals surface area contributed by atoms with Gasteiger partial charge < -0.3 is 9.64 Å². The molecular weight excluding hydrogens is 326 g/mol. The van der Waals surface area contributed by atoms with E-state index in [1.165, 1.54) is 25.5 Å². The van der Waals surface area contributed by atoms with Crippen LogP contribution >= 0.6 is 0 Å². The van der Waals surface area contributed by atoms with Crippen molar-refractivity contribution >= 4 is 11.9 Å². The molecule has 26 heavy (non-hydrogen) atoms. The smallest absolute Gasteiger partial charge is 0.310 e. The van der Waals surface area contributed by atoms with Crippen LogP contribution in [0.4, 0.5) is 0 Å². The number of hydrogen-bond donors (Lipinski definition) is 0. The quantitative estimate of drug-likeness (QED) is 0.493. The number of amides is 1. The second-order valence-electron chi connectivity index (χ2n) is 7.11. The molecule has 1 aliphatic carbocycles. The van der Waals surface area contributed by atoms with E-state index in [0.717, 1.165) is 31.2 Å². The van der Waals surface area contributed by atoms with Crippen molar-refractivity contribution in [1.29, 1.82) is 0 Å². The van der Waals surface area contributed by atoms with Crippen molar-refractivity contribution in [2.24, 2.45) is 5.92 Å². The number of carbonyl (C=O) groups excluding carboxylic acids is 2. The van der Waals surface area contributed by atoms with Gasteiger partial charge in [-0.05, 0) is 44.1 Å². The van der Waals surface area contributed by atoms with Gasteiger partial charge in [-0.1, -0.05) is 48.9 Å². The van der Waals surface area contributed by atoms with E-state index in [4.69, 9.17) is 4.74 Å². The molecule has 1 aliphatic rings. The highest BCUT2D eigenvalue weighted by Gasteiger charge is 2.21. The van der Waals surface area contributed by atoms with Gasteiger partial charge in [-0.3, -0.25) is 9.59 Å². The summed E-state index contributed by atoms with van der Waals surface area (Å²) < 4.78 is 4.83. The third-order valence-electron chi connectivity index (χ3n) is 5.01. The summed E-state index contributed by atoms with van der Waals surface area (Å²) in [6.45, 7) is 2.93. The molecule has 2 rings (SSSR count). The molecule has 0 N–H and O–H groups in total. The van der Waals surface area contributed by atoms with Crippen LogP contribution in [0.3, 0.4) is 0 Å². The Hall–Kier alpha value is -2.10. The maximum absolute atomic E-state index is 12.8. The second-order valence-corrected chi connectivity index (χ2v) is 7.11. The summed E-state index contributed by atoms with van der Waals surface area (Å²) in [4.78, 5) is 26.4. The molecule has 0 bridgehead atoms.